The van der Waals surface area contributed by atoms with E-state index in [0.717, 1.165) is 37.2 Å². The third-order valence-corrected chi connectivity index (χ3v) is 5.31. The molecule has 1 aliphatic rings. The van der Waals surface area contributed by atoms with Gasteiger partial charge in [-0.2, -0.15) is 11.3 Å². The Hall–Kier alpha value is -2.61. The molecule has 0 aromatic carbocycles. The smallest absolute Gasteiger partial charge is 0.267 e. The third kappa shape index (κ3) is 3.65. The molecule has 8 heteroatoms. The first kappa shape index (κ1) is 16.8. The van der Waals surface area contributed by atoms with E-state index in [1.165, 1.54) is 0 Å². The molecule has 7 nitrogen and oxygen atoms in total. The van der Waals surface area contributed by atoms with Crippen LogP contribution in [0.25, 0.3) is 11.6 Å². The van der Waals surface area contributed by atoms with Gasteiger partial charge in [-0.15, -0.1) is 10.2 Å². The zero-order valence-electron chi connectivity index (χ0n) is 14.5. The minimum Gasteiger partial charge on any atom is -0.419 e. The average Bonchev–Trinajstić information content (AvgIpc) is 3.34. The Morgan fingerprint density at radius 3 is 2.81 bits per heavy atom. The van der Waals surface area contributed by atoms with Gasteiger partial charge in [-0.3, -0.25) is 9.78 Å². The summed E-state index contributed by atoms with van der Waals surface area (Å²) >= 11 is 1.62. The van der Waals surface area contributed by atoms with E-state index in [9.17, 15) is 4.79 Å². The van der Waals surface area contributed by atoms with Crippen LogP contribution in [0.2, 0.25) is 0 Å². The van der Waals surface area contributed by atoms with Crippen LogP contribution in [0.3, 0.4) is 0 Å². The van der Waals surface area contributed by atoms with Crippen LogP contribution in [0.5, 0.6) is 0 Å². The number of amides is 1. The third-order valence-electron chi connectivity index (χ3n) is 4.57. The number of hydrogen-bond acceptors (Lipinski definition) is 7. The van der Waals surface area contributed by atoms with Crippen LogP contribution < -0.4 is 0 Å². The van der Waals surface area contributed by atoms with Crippen LogP contribution in [-0.4, -0.2) is 44.1 Å². The molecule has 0 spiro atoms. The molecule has 0 saturated carbocycles. The second kappa shape index (κ2) is 7.33. The molecule has 26 heavy (non-hydrogen) atoms. The molecule has 0 bridgehead atoms. The maximum atomic E-state index is 12.4. The van der Waals surface area contributed by atoms with E-state index in [-0.39, 0.29) is 11.8 Å². The van der Waals surface area contributed by atoms with E-state index in [1.807, 2.05) is 28.7 Å². The van der Waals surface area contributed by atoms with Crippen molar-refractivity contribution in [1.82, 2.24) is 25.1 Å². The number of carbonyl (C=O) groups excluding carboxylic acids is 1. The molecular weight excluding hydrogens is 350 g/mol. The molecule has 1 saturated heterocycles. The fraction of sp³-hybridized carbons (Fsp3) is 0.389. The summed E-state index contributed by atoms with van der Waals surface area (Å²) < 4.78 is 5.80. The summed E-state index contributed by atoms with van der Waals surface area (Å²) in [6.07, 6.45) is 5.45. The Morgan fingerprint density at radius 1 is 1.27 bits per heavy atom. The molecule has 1 fully saturated rings. The highest BCUT2D eigenvalue weighted by atomic mass is 32.1. The lowest BCUT2D eigenvalue weighted by molar-refractivity contribution is -0.131. The second-order valence-corrected chi connectivity index (χ2v) is 7.23. The maximum Gasteiger partial charge on any atom is 0.267 e. The predicted molar refractivity (Wildman–Crippen MR) is 96.6 cm³/mol. The van der Waals surface area contributed by atoms with Gasteiger partial charge in [-0.05, 0) is 42.2 Å². The number of aryl methyl sites for hydroxylation is 1. The van der Waals surface area contributed by atoms with Gasteiger partial charge in [-0.1, -0.05) is 0 Å². The van der Waals surface area contributed by atoms with Crippen LogP contribution in [0.4, 0.5) is 0 Å². The molecule has 3 aromatic rings. The highest BCUT2D eigenvalue weighted by Gasteiger charge is 2.27. The van der Waals surface area contributed by atoms with Crippen LogP contribution >= 0.6 is 11.3 Å². The Morgan fingerprint density at radius 2 is 2.12 bits per heavy atom. The molecule has 4 rings (SSSR count). The lowest BCUT2D eigenvalue weighted by Gasteiger charge is -2.30. The van der Waals surface area contributed by atoms with Crippen LogP contribution in [-0.2, 0) is 11.2 Å². The fourth-order valence-electron chi connectivity index (χ4n) is 3.06. The van der Waals surface area contributed by atoms with E-state index >= 15 is 0 Å². The van der Waals surface area contributed by atoms with Gasteiger partial charge < -0.3 is 9.32 Å². The summed E-state index contributed by atoms with van der Waals surface area (Å²) in [5.41, 5.74) is 2.51. The number of hydrogen-bond donors (Lipinski definition) is 0. The molecular formula is C18H19N5O2S. The van der Waals surface area contributed by atoms with Crippen molar-refractivity contribution in [1.29, 1.82) is 0 Å². The Kier molecular flexibility index (Phi) is 4.75. The van der Waals surface area contributed by atoms with Crippen molar-refractivity contribution in [2.45, 2.75) is 32.1 Å². The highest BCUT2D eigenvalue weighted by Crippen LogP contribution is 2.29. The van der Waals surface area contributed by atoms with Crippen molar-refractivity contribution in [2.24, 2.45) is 0 Å². The van der Waals surface area contributed by atoms with Gasteiger partial charge in [0.15, 0.2) is 0 Å². The van der Waals surface area contributed by atoms with Crippen LogP contribution in [0.1, 0.15) is 35.9 Å². The number of piperidine rings is 1. The summed E-state index contributed by atoms with van der Waals surface area (Å²) in [4.78, 5) is 22.8. The van der Waals surface area contributed by atoms with Crippen molar-refractivity contribution in [3.63, 3.8) is 0 Å². The molecule has 0 atom stereocenters. The SMILES string of the molecule is Cc1cnc(-c2nnc(C3CCN(C(=O)Cc4ccsc4)CC3)o2)cn1. The topological polar surface area (TPSA) is 85.0 Å². The molecule has 1 amide bonds. The number of rotatable bonds is 4. The van der Waals surface area contributed by atoms with Crippen molar-refractivity contribution < 1.29 is 9.21 Å². The van der Waals surface area contributed by atoms with Gasteiger partial charge in [0.2, 0.25) is 11.8 Å². The van der Waals surface area contributed by atoms with Gasteiger partial charge in [-0.25, -0.2) is 4.98 Å². The zero-order valence-corrected chi connectivity index (χ0v) is 15.3. The number of thiophene rings is 1. The quantitative estimate of drug-likeness (QED) is 0.703. The minimum atomic E-state index is 0.180. The van der Waals surface area contributed by atoms with Gasteiger partial charge in [0.25, 0.3) is 5.89 Å². The molecule has 1 aliphatic heterocycles. The number of carbonyl (C=O) groups is 1. The first-order valence-corrected chi connectivity index (χ1v) is 9.54. The Bertz CT molecular complexity index is 867. The van der Waals surface area contributed by atoms with E-state index in [4.69, 9.17) is 4.42 Å². The Labute approximate surface area is 155 Å². The van der Waals surface area contributed by atoms with Crippen molar-refractivity contribution in [2.75, 3.05) is 13.1 Å². The number of likely N-dealkylation sites (tertiary alicyclic amines) is 1. The Balaban J connectivity index is 1.36. The predicted octanol–water partition coefficient (Wildman–Crippen LogP) is 2.85. The molecule has 0 radical (unpaired) electrons. The van der Waals surface area contributed by atoms with Gasteiger partial charge in [0, 0.05) is 25.2 Å². The molecule has 134 valence electrons. The molecule has 0 unspecified atom stereocenters. The molecule has 3 aromatic heterocycles. The van der Waals surface area contributed by atoms with E-state index in [1.54, 1.807) is 23.7 Å². The summed E-state index contributed by atoms with van der Waals surface area (Å²) in [5, 5.41) is 12.3. The zero-order chi connectivity index (χ0) is 17.9. The van der Waals surface area contributed by atoms with E-state index in [2.05, 4.69) is 20.2 Å². The highest BCUT2D eigenvalue weighted by molar-refractivity contribution is 7.08. The minimum absolute atomic E-state index is 0.180. The molecule has 0 aliphatic carbocycles. The normalized spacial score (nSPS) is 15.3. The van der Waals surface area contributed by atoms with E-state index in [0.29, 0.717) is 23.9 Å². The summed E-state index contributed by atoms with van der Waals surface area (Å²) in [7, 11) is 0. The average molecular weight is 369 g/mol. The number of aromatic nitrogens is 4. The lowest BCUT2D eigenvalue weighted by Crippen LogP contribution is -2.38. The van der Waals surface area contributed by atoms with Crippen molar-refractivity contribution in [3.05, 3.63) is 46.4 Å². The molecule has 4 heterocycles. The van der Waals surface area contributed by atoms with Gasteiger partial charge in [0.05, 0.1) is 18.3 Å². The monoisotopic (exact) mass is 369 g/mol. The summed E-state index contributed by atoms with van der Waals surface area (Å²) in [5.74, 6) is 1.37. The standard InChI is InChI=1S/C18H19N5O2S/c1-12-9-20-15(10-19-12)18-22-21-17(25-18)14-2-5-23(6-3-14)16(24)8-13-4-7-26-11-13/h4,7,9-11,14H,2-3,5-6,8H2,1H3. The van der Waals surface area contributed by atoms with Gasteiger partial charge in [0.1, 0.15) is 5.69 Å². The first-order chi connectivity index (χ1) is 12.7. The number of nitrogens with zero attached hydrogens (tertiary/aromatic N) is 5. The van der Waals surface area contributed by atoms with Gasteiger partial charge >= 0.3 is 0 Å². The lowest BCUT2D eigenvalue weighted by atomic mass is 9.96. The van der Waals surface area contributed by atoms with Crippen molar-refractivity contribution in [3.8, 4) is 11.6 Å². The second-order valence-electron chi connectivity index (χ2n) is 6.45. The summed E-state index contributed by atoms with van der Waals surface area (Å²) in [6.45, 7) is 3.31. The molecule has 0 N–H and O–H groups in total. The van der Waals surface area contributed by atoms with Crippen LogP contribution in [0, 0.1) is 6.92 Å². The fourth-order valence-corrected chi connectivity index (χ4v) is 3.73. The van der Waals surface area contributed by atoms with E-state index < -0.39 is 0 Å². The van der Waals surface area contributed by atoms with Crippen LogP contribution in [0.15, 0.2) is 33.6 Å². The largest absolute Gasteiger partial charge is 0.419 e. The summed E-state index contributed by atoms with van der Waals surface area (Å²) in [6, 6.07) is 2.00. The maximum absolute atomic E-state index is 12.4. The first-order valence-electron chi connectivity index (χ1n) is 8.60. The van der Waals surface area contributed by atoms with Crippen molar-refractivity contribution >= 4 is 17.2 Å².